The van der Waals surface area contributed by atoms with Gasteiger partial charge >= 0.3 is 0 Å². The van der Waals surface area contributed by atoms with Crippen LogP contribution < -0.4 is 0 Å². The summed E-state index contributed by atoms with van der Waals surface area (Å²) in [5.74, 6) is 0.0584. The van der Waals surface area contributed by atoms with Crippen LogP contribution in [0.3, 0.4) is 0 Å². The molecule has 0 radical (unpaired) electrons. The Kier molecular flexibility index (Phi) is 4.47. The highest BCUT2D eigenvalue weighted by Crippen LogP contribution is 2.34. The number of piperidine rings is 1. The molecule has 2 amide bonds. The minimum Gasteiger partial charge on any atom is -0.339 e. The zero-order valence-electron chi connectivity index (χ0n) is 13.2. The van der Waals surface area contributed by atoms with Gasteiger partial charge in [0.15, 0.2) is 0 Å². The van der Waals surface area contributed by atoms with Crippen LogP contribution in [0.1, 0.15) is 50.6 Å². The Morgan fingerprint density at radius 2 is 2.23 bits per heavy atom. The summed E-state index contributed by atoms with van der Waals surface area (Å²) >= 11 is 1.62. The molecular weight excluding hydrogens is 298 g/mol. The zero-order valence-corrected chi connectivity index (χ0v) is 14.0. The fourth-order valence-electron chi connectivity index (χ4n) is 3.48. The second-order valence-corrected chi connectivity index (χ2v) is 7.38. The second-order valence-electron chi connectivity index (χ2n) is 6.45. The van der Waals surface area contributed by atoms with Crippen LogP contribution in [0, 0.1) is 5.92 Å². The first-order valence-electron chi connectivity index (χ1n) is 8.07. The van der Waals surface area contributed by atoms with Crippen molar-refractivity contribution >= 4 is 23.2 Å². The molecule has 6 heteroatoms. The summed E-state index contributed by atoms with van der Waals surface area (Å²) in [5.41, 5.74) is 0. The van der Waals surface area contributed by atoms with Crippen LogP contribution >= 0.6 is 11.3 Å². The third kappa shape index (κ3) is 2.89. The molecule has 2 atom stereocenters. The predicted molar refractivity (Wildman–Crippen MR) is 85.4 cm³/mol. The Bertz CT molecular complexity index is 544. The summed E-state index contributed by atoms with van der Waals surface area (Å²) in [6.45, 7) is 5.36. The maximum absolute atomic E-state index is 12.9. The summed E-state index contributed by atoms with van der Waals surface area (Å²) in [6.07, 6.45) is 5.32. The lowest BCUT2D eigenvalue weighted by Crippen LogP contribution is -2.43. The Morgan fingerprint density at radius 1 is 1.41 bits per heavy atom. The van der Waals surface area contributed by atoms with Crippen molar-refractivity contribution in [3.8, 4) is 0 Å². The lowest BCUT2D eigenvalue weighted by molar-refractivity contribution is -0.139. The molecule has 0 saturated carbocycles. The first kappa shape index (κ1) is 15.5. The summed E-state index contributed by atoms with van der Waals surface area (Å²) in [4.78, 5) is 33.2. The van der Waals surface area contributed by atoms with E-state index >= 15 is 0 Å². The lowest BCUT2D eigenvalue weighted by atomic mass is 9.99. The molecular formula is C16H23N3O2S. The van der Waals surface area contributed by atoms with Crippen LogP contribution in [0.2, 0.25) is 0 Å². The maximum Gasteiger partial charge on any atom is 0.228 e. The molecule has 2 fully saturated rings. The largest absolute Gasteiger partial charge is 0.339 e. The maximum atomic E-state index is 12.9. The highest BCUT2D eigenvalue weighted by molar-refractivity contribution is 7.09. The fraction of sp³-hybridized carbons (Fsp3) is 0.688. The van der Waals surface area contributed by atoms with Gasteiger partial charge in [0.25, 0.3) is 0 Å². The third-order valence-corrected chi connectivity index (χ3v) is 5.53. The Labute approximate surface area is 135 Å². The van der Waals surface area contributed by atoms with Crippen molar-refractivity contribution in [3.05, 3.63) is 16.6 Å². The van der Waals surface area contributed by atoms with Gasteiger partial charge in [-0.15, -0.1) is 11.3 Å². The number of thiazole rings is 1. The Morgan fingerprint density at radius 3 is 2.86 bits per heavy atom. The van der Waals surface area contributed by atoms with Crippen molar-refractivity contribution in [2.24, 2.45) is 5.92 Å². The van der Waals surface area contributed by atoms with Crippen LogP contribution in [0.15, 0.2) is 11.6 Å². The molecule has 0 unspecified atom stereocenters. The highest BCUT2D eigenvalue weighted by Gasteiger charge is 2.40. The minimum atomic E-state index is -0.185. The molecule has 0 spiro atoms. The van der Waals surface area contributed by atoms with Crippen molar-refractivity contribution in [2.45, 2.75) is 51.6 Å². The number of rotatable bonds is 3. The number of hydrogen-bond acceptors (Lipinski definition) is 4. The van der Waals surface area contributed by atoms with E-state index in [-0.39, 0.29) is 29.8 Å². The van der Waals surface area contributed by atoms with Crippen LogP contribution in [0.4, 0.5) is 0 Å². The van der Waals surface area contributed by atoms with E-state index in [1.54, 1.807) is 17.5 Å². The van der Waals surface area contributed by atoms with Gasteiger partial charge in [-0.05, 0) is 33.1 Å². The molecule has 2 aliphatic heterocycles. The van der Waals surface area contributed by atoms with Crippen LogP contribution in [-0.2, 0) is 9.59 Å². The van der Waals surface area contributed by atoms with E-state index in [4.69, 9.17) is 0 Å². The summed E-state index contributed by atoms with van der Waals surface area (Å²) in [7, 11) is 0. The lowest BCUT2D eigenvalue weighted by Gasteiger charge is -2.36. The van der Waals surface area contributed by atoms with E-state index in [0.717, 1.165) is 30.8 Å². The number of carbonyl (C=O) groups is 2. The summed E-state index contributed by atoms with van der Waals surface area (Å²) < 4.78 is 0. The van der Waals surface area contributed by atoms with Gasteiger partial charge in [-0.25, -0.2) is 4.98 Å². The first-order valence-corrected chi connectivity index (χ1v) is 8.95. The standard InChI is InChI=1S/C16H23N3O2S/c1-11(2)19-10-12(9-14(19)20)16(21)18-7-4-3-5-13(18)15-17-6-8-22-15/h6,8,11-13H,3-5,7,9-10H2,1-2H3/t12-,13+/m0/s1. The van der Waals surface area contributed by atoms with E-state index in [2.05, 4.69) is 4.98 Å². The van der Waals surface area contributed by atoms with Gasteiger partial charge in [0.1, 0.15) is 5.01 Å². The van der Waals surface area contributed by atoms with Crippen molar-refractivity contribution in [1.82, 2.24) is 14.8 Å². The van der Waals surface area contributed by atoms with Gasteiger partial charge in [-0.3, -0.25) is 9.59 Å². The van der Waals surface area contributed by atoms with E-state index < -0.39 is 0 Å². The number of amides is 2. The molecule has 0 N–H and O–H groups in total. The molecule has 120 valence electrons. The molecule has 22 heavy (non-hydrogen) atoms. The number of nitrogens with zero attached hydrogens (tertiary/aromatic N) is 3. The van der Waals surface area contributed by atoms with Crippen molar-refractivity contribution < 1.29 is 9.59 Å². The monoisotopic (exact) mass is 321 g/mol. The fourth-order valence-corrected chi connectivity index (χ4v) is 4.27. The number of hydrogen-bond donors (Lipinski definition) is 0. The smallest absolute Gasteiger partial charge is 0.228 e. The van der Waals surface area contributed by atoms with E-state index in [0.29, 0.717) is 13.0 Å². The van der Waals surface area contributed by atoms with Gasteiger partial charge < -0.3 is 9.80 Å². The zero-order chi connectivity index (χ0) is 15.7. The van der Waals surface area contributed by atoms with E-state index in [1.807, 2.05) is 29.0 Å². The van der Waals surface area contributed by atoms with Crippen molar-refractivity contribution in [2.75, 3.05) is 13.1 Å². The molecule has 0 bridgehead atoms. The van der Waals surface area contributed by atoms with Gasteiger partial charge in [-0.1, -0.05) is 0 Å². The number of aromatic nitrogens is 1. The van der Waals surface area contributed by atoms with Crippen LogP contribution in [-0.4, -0.2) is 45.7 Å². The molecule has 3 heterocycles. The Balaban J connectivity index is 1.74. The molecule has 3 rings (SSSR count). The topological polar surface area (TPSA) is 53.5 Å². The molecule has 0 aliphatic carbocycles. The van der Waals surface area contributed by atoms with Gasteiger partial charge in [-0.2, -0.15) is 0 Å². The highest BCUT2D eigenvalue weighted by atomic mass is 32.1. The van der Waals surface area contributed by atoms with E-state index in [1.165, 1.54) is 0 Å². The van der Waals surface area contributed by atoms with Crippen molar-refractivity contribution in [3.63, 3.8) is 0 Å². The van der Waals surface area contributed by atoms with Gasteiger partial charge in [0.05, 0.1) is 12.0 Å². The predicted octanol–water partition coefficient (Wildman–Crippen LogP) is 2.45. The van der Waals surface area contributed by atoms with Gasteiger partial charge in [0.2, 0.25) is 11.8 Å². The normalized spacial score (nSPS) is 26.0. The van der Waals surface area contributed by atoms with E-state index in [9.17, 15) is 9.59 Å². The van der Waals surface area contributed by atoms with Crippen molar-refractivity contribution in [1.29, 1.82) is 0 Å². The summed E-state index contributed by atoms with van der Waals surface area (Å²) in [6, 6.07) is 0.269. The molecule has 1 aromatic rings. The SMILES string of the molecule is CC(C)N1C[C@@H](C(=O)N2CCCC[C@@H]2c2nccs2)CC1=O. The number of carbonyl (C=O) groups excluding carboxylic acids is 2. The van der Waals surface area contributed by atoms with Crippen LogP contribution in [0.25, 0.3) is 0 Å². The summed E-state index contributed by atoms with van der Waals surface area (Å²) in [5, 5.41) is 2.99. The molecule has 1 aromatic heterocycles. The second kappa shape index (κ2) is 6.36. The average molecular weight is 321 g/mol. The first-order chi connectivity index (χ1) is 10.6. The minimum absolute atomic E-state index is 0.101. The quantitative estimate of drug-likeness (QED) is 0.859. The van der Waals surface area contributed by atoms with Crippen LogP contribution in [0.5, 0.6) is 0 Å². The average Bonchev–Trinajstić information content (AvgIpc) is 3.15. The molecule has 2 aliphatic rings. The third-order valence-electron chi connectivity index (χ3n) is 4.65. The Hall–Kier alpha value is -1.43. The van der Waals surface area contributed by atoms with Gasteiger partial charge in [0, 0.05) is 37.1 Å². The molecule has 2 saturated heterocycles. The molecule has 0 aromatic carbocycles. The molecule has 5 nitrogen and oxygen atoms in total. The number of likely N-dealkylation sites (tertiary alicyclic amines) is 2.